The fraction of sp³-hybridized carbons (Fsp3) is 0.364. The van der Waals surface area contributed by atoms with Crippen molar-refractivity contribution in [3.8, 4) is 6.01 Å². The number of aromatic amines is 1. The van der Waals surface area contributed by atoms with Gasteiger partial charge in [0.15, 0.2) is 11.5 Å². The molecule has 13 nitrogen and oxygen atoms in total. The van der Waals surface area contributed by atoms with E-state index in [2.05, 4.69) is 15.0 Å². The van der Waals surface area contributed by atoms with E-state index in [0.29, 0.717) is 17.2 Å². The van der Waals surface area contributed by atoms with Gasteiger partial charge < -0.3 is 25.0 Å². The molecule has 1 aliphatic rings. The van der Waals surface area contributed by atoms with Gasteiger partial charge in [0.25, 0.3) is 11.8 Å². The third kappa shape index (κ3) is 5.63. The number of fused-ring (bicyclic) bond motifs is 1. The number of nitrogens with one attached hydrogen (secondary N) is 1. The molecule has 0 unspecified atom stereocenters. The van der Waals surface area contributed by atoms with Crippen LogP contribution in [-0.2, 0) is 25.7 Å². The molecular formula is C22H26N6O7. The maximum absolute atomic E-state index is 12.5. The van der Waals surface area contributed by atoms with Gasteiger partial charge in [0.05, 0.1) is 18.7 Å². The number of amides is 2. The third-order valence-corrected chi connectivity index (χ3v) is 4.86. The molecule has 1 aromatic carbocycles. The average Bonchev–Trinajstić information content (AvgIpc) is 3.34. The van der Waals surface area contributed by atoms with Gasteiger partial charge in [-0.05, 0) is 17.7 Å². The second kappa shape index (κ2) is 11.2. The summed E-state index contributed by atoms with van der Waals surface area (Å²) >= 11 is 0. The number of H-pyrrole nitrogens is 1. The molecule has 0 spiro atoms. The molecule has 0 atom stereocenters. The first-order chi connectivity index (χ1) is 16.9. The van der Waals surface area contributed by atoms with Crippen LogP contribution in [-0.4, -0.2) is 62.7 Å². The van der Waals surface area contributed by atoms with Gasteiger partial charge in [0.1, 0.15) is 12.1 Å². The number of methoxy groups -OCH3 is 1. The quantitative estimate of drug-likeness (QED) is 0.346. The van der Waals surface area contributed by atoms with Crippen LogP contribution in [0, 0.1) is 0 Å². The molecule has 0 bridgehead atoms. The Labute approximate surface area is 199 Å². The van der Waals surface area contributed by atoms with Crippen molar-refractivity contribution in [1.29, 1.82) is 0 Å². The smallest absolute Gasteiger partial charge is 0.363 e. The number of anilines is 1. The van der Waals surface area contributed by atoms with Gasteiger partial charge in [-0.1, -0.05) is 26.0 Å². The van der Waals surface area contributed by atoms with E-state index in [9.17, 15) is 19.2 Å². The van der Waals surface area contributed by atoms with Crippen molar-refractivity contribution in [2.45, 2.75) is 33.2 Å². The zero-order chi connectivity index (χ0) is 25.5. The van der Waals surface area contributed by atoms with Gasteiger partial charge >= 0.3 is 17.7 Å². The molecule has 0 aliphatic carbocycles. The number of carbonyl (C=O) groups excluding carboxylic acids is 3. The Kier molecular flexibility index (Phi) is 8.15. The zero-order valence-electron chi connectivity index (χ0n) is 19.6. The van der Waals surface area contributed by atoms with E-state index in [1.165, 1.54) is 23.8 Å². The minimum atomic E-state index is -0.840. The maximum Gasteiger partial charge on any atom is 0.363 e. The number of nitrogens with two attached hydrogens (primary N) is 1. The highest BCUT2D eigenvalue weighted by Gasteiger charge is 2.33. The molecule has 35 heavy (non-hydrogen) atoms. The lowest BCUT2D eigenvalue weighted by Gasteiger charge is -2.12. The molecule has 3 N–H and O–H groups in total. The lowest BCUT2D eigenvalue weighted by molar-refractivity contribution is -0.172. The van der Waals surface area contributed by atoms with Gasteiger partial charge in [0, 0.05) is 20.0 Å². The van der Waals surface area contributed by atoms with Crippen molar-refractivity contribution in [2.75, 3.05) is 26.1 Å². The highest BCUT2D eigenvalue weighted by atomic mass is 16.7. The minimum Gasteiger partial charge on any atom is -0.461 e. The zero-order valence-corrected chi connectivity index (χ0v) is 19.6. The number of imide groups is 1. The van der Waals surface area contributed by atoms with Gasteiger partial charge in [-0.25, -0.2) is 9.59 Å². The van der Waals surface area contributed by atoms with Gasteiger partial charge in [-0.2, -0.15) is 9.97 Å². The second-order valence-electron chi connectivity index (χ2n) is 7.11. The summed E-state index contributed by atoms with van der Waals surface area (Å²) in [5.41, 5.74) is 6.82. The van der Waals surface area contributed by atoms with E-state index in [1.54, 1.807) is 12.1 Å². The second-order valence-corrected chi connectivity index (χ2v) is 7.11. The molecule has 3 heterocycles. The monoisotopic (exact) mass is 486 g/mol. The van der Waals surface area contributed by atoms with Crippen LogP contribution < -0.4 is 16.2 Å². The highest BCUT2D eigenvalue weighted by Crippen LogP contribution is 2.19. The van der Waals surface area contributed by atoms with Crippen LogP contribution in [0.5, 0.6) is 6.01 Å². The van der Waals surface area contributed by atoms with E-state index < -0.39 is 23.5 Å². The highest BCUT2D eigenvalue weighted by molar-refractivity contribution is 6.02. The molecule has 13 heteroatoms. The Morgan fingerprint density at radius 3 is 2.34 bits per heavy atom. The molecule has 186 valence electrons. The number of hydrogen-bond donors (Lipinski definition) is 2. The van der Waals surface area contributed by atoms with E-state index >= 15 is 0 Å². The van der Waals surface area contributed by atoms with Crippen LogP contribution in [0.25, 0.3) is 11.2 Å². The fourth-order valence-corrected chi connectivity index (χ4v) is 3.18. The number of hydrogen-bond acceptors (Lipinski definition) is 10. The minimum absolute atomic E-state index is 0.00824. The molecule has 1 aliphatic heterocycles. The molecule has 2 amide bonds. The summed E-state index contributed by atoms with van der Waals surface area (Å²) < 4.78 is 11.7. The number of ether oxygens (including phenoxy) is 2. The van der Waals surface area contributed by atoms with Crippen LogP contribution in [0.1, 0.15) is 42.6 Å². The predicted octanol–water partition coefficient (Wildman–Crippen LogP) is 1.02. The van der Waals surface area contributed by atoms with Gasteiger partial charge in [-0.3, -0.25) is 14.2 Å². The standard InChI is InChI=1S/C20H20N6O7.C2H6/c1-31-8-9-32-19-23-16(21)15-17(24-19)25(20(30)22-15)10-11-2-4-12(5-3-11)18(29)33-26-13(27)6-7-14(26)28;1-2/h2-5H,6-10H2,1H3,(H,22,30)(H2,21,23,24);1-2H3. The molecule has 2 aromatic heterocycles. The summed E-state index contributed by atoms with van der Waals surface area (Å²) in [6, 6.07) is 6.15. The van der Waals surface area contributed by atoms with Crippen molar-refractivity contribution in [2.24, 2.45) is 0 Å². The fourth-order valence-electron chi connectivity index (χ4n) is 3.18. The summed E-state index contributed by atoms with van der Waals surface area (Å²) in [5, 5.41) is 0.484. The van der Waals surface area contributed by atoms with Crippen molar-refractivity contribution in [1.82, 2.24) is 24.6 Å². The summed E-state index contributed by atoms with van der Waals surface area (Å²) in [6.07, 6.45) is 0.0231. The topological polar surface area (TPSA) is 172 Å². The predicted molar refractivity (Wildman–Crippen MR) is 123 cm³/mol. The first-order valence-electron chi connectivity index (χ1n) is 10.9. The Morgan fingerprint density at radius 2 is 1.71 bits per heavy atom. The van der Waals surface area contributed by atoms with Crippen LogP contribution in [0.15, 0.2) is 29.1 Å². The average molecular weight is 486 g/mol. The van der Waals surface area contributed by atoms with Crippen LogP contribution in [0.3, 0.4) is 0 Å². The van der Waals surface area contributed by atoms with Crippen molar-refractivity contribution in [3.63, 3.8) is 0 Å². The number of benzene rings is 1. The van der Waals surface area contributed by atoms with E-state index in [4.69, 9.17) is 20.0 Å². The Bertz CT molecular complexity index is 1270. The maximum atomic E-state index is 12.5. The Morgan fingerprint density at radius 1 is 1.06 bits per heavy atom. The first-order valence-corrected chi connectivity index (χ1v) is 10.9. The normalized spacial score (nSPS) is 13.1. The molecular weight excluding hydrogens is 460 g/mol. The van der Waals surface area contributed by atoms with Crippen molar-refractivity contribution in [3.05, 3.63) is 45.9 Å². The molecule has 0 saturated carbocycles. The van der Waals surface area contributed by atoms with E-state index in [1.807, 2.05) is 13.8 Å². The number of hydroxylamine groups is 2. The van der Waals surface area contributed by atoms with E-state index in [0.717, 1.165) is 0 Å². The summed E-state index contributed by atoms with van der Waals surface area (Å²) in [5.74, 6) is -1.90. The molecule has 4 rings (SSSR count). The summed E-state index contributed by atoms with van der Waals surface area (Å²) in [7, 11) is 1.53. The largest absolute Gasteiger partial charge is 0.461 e. The molecule has 0 radical (unpaired) electrons. The van der Waals surface area contributed by atoms with Gasteiger partial charge in [-0.15, -0.1) is 5.06 Å². The lowest BCUT2D eigenvalue weighted by atomic mass is 10.1. The molecule has 1 saturated heterocycles. The number of nitrogen functional groups attached to an aromatic ring is 1. The van der Waals surface area contributed by atoms with Crippen molar-refractivity contribution >= 4 is 34.8 Å². The molecule has 1 fully saturated rings. The number of carbonyl (C=O) groups is 3. The molecule has 3 aromatic rings. The lowest BCUT2D eigenvalue weighted by Crippen LogP contribution is -2.32. The van der Waals surface area contributed by atoms with E-state index in [-0.39, 0.29) is 54.5 Å². The first kappa shape index (κ1) is 25.4. The summed E-state index contributed by atoms with van der Waals surface area (Å²) in [4.78, 5) is 63.7. The number of nitrogens with zero attached hydrogens (tertiary/aromatic N) is 4. The Hall–Kier alpha value is -4.26. The Balaban J connectivity index is 0.00000167. The number of aromatic nitrogens is 4. The van der Waals surface area contributed by atoms with Crippen LogP contribution in [0.2, 0.25) is 0 Å². The summed E-state index contributed by atoms with van der Waals surface area (Å²) in [6.45, 7) is 4.66. The number of imidazole rings is 1. The SMILES string of the molecule is CC.COCCOc1nc(N)c2[nH]c(=O)n(Cc3ccc(C(=O)ON4C(=O)CCC4=O)cc3)c2n1. The third-order valence-electron chi connectivity index (χ3n) is 4.86. The van der Waals surface area contributed by atoms with Crippen LogP contribution >= 0.6 is 0 Å². The number of rotatable bonds is 8. The van der Waals surface area contributed by atoms with Gasteiger partial charge in [0.2, 0.25) is 0 Å². The van der Waals surface area contributed by atoms with Crippen LogP contribution in [0.4, 0.5) is 5.82 Å². The van der Waals surface area contributed by atoms with Crippen molar-refractivity contribution < 1.29 is 28.7 Å².